The summed E-state index contributed by atoms with van der Waals surface area (Å²) in [5.74, 6) is -3.12. The Morgan fingerprint density at radius 2 is 0.865 bits per heavy atom. The molecule has 12 atom stereocenters. The van der Waals surface area contributed by atoms with Gasteiger partial charge in [0.2, 0.25) is 70.9 Å². The summed E-state index contributed by atoms with van der Waals surface area (Å²) >= 11 is 0. The molecule has 4 aliphatic heterocycles. The molecule has 12 amide bonds. The predicted octanol–water partition coefficient (Wildman–Crippen LogP) is 12.8. The highest BCUT2D eigenvalue weighted by Gasteiger charge is 2.49. The first-order valence-corrected chi connectivity index (χ1v) is 51.4. The molecule has 4 aromatic heterocycles. The largest absolute Gasteiger partial charge is 0.437 e. The van der Waals surface area contributed by atoms with Crippen LogP contribution >= 0.6 is 0 Å². The van der Waals surface area contributed by atoms with Crippen LogP contribution in [-0.4, -0.2) is 243 Å². The summed E-state index contributed by atoms with van der Waals surface area (Å²) in [7, 11) is 6.76. The molecule has 8 aromatic rings. The van der Waals surface area contributed by atoms with Gasteiger partial charge in [-0.1, -0.05) is 172 Å². The maximum Gasteiger partial charge on any atom is 0.273 e. The molecular formula is C107H148N20O14. The van der Waals surface area contributed by atoms with Crippen molar-refractivity contribution in [1.82, 2.24) is 92.3 Å². The van der Waals surface area contributed by atoms with Gasteiger partial charge in [0.05, 0.1) is 24.2 Å². The van der Waals surface area contributed by atoms with Crippen LogP contribution in [0.1, 0.15) is 274 Å². The molecule has 0 radical (unpaired) electrons. The number of likely N-dealkylation sites (tertiary alicyclic amines) is 4. The van der Waals surface area contributed by atoms with Gasteiger partial charge in [0.1, 0.15) is 48.3 Å². The Balaban J connectivity index is 0.607. The normalized spacial score (nSPS) is 19.4. The zero-order valence-electron chi connectivity index (χ0n) is 84.7. The number of aromatic amines is 2. The number of para-hydroxylation sites is 3. The highest BCUT2D eigenvalue weighted by molar-refractivity contribution is 6.08. The molecule has 13 N–H and O–H groups in total. The van der Waals surface area contributed by atoms with Gasteiger partial charge in [-0.05, 0) is 191 Å². The average Bonchev–Trinajstić information content (AvgIpc) is 1.61. The fourth-order valence-electron chi connectivity index (χ4n) is 21.3. The van der Waals surface area contributed by atoms with Crippen molar-refractivity contribution in [3.05, 3.63) is 132 Å². The van der Waals surface area contributed by atoms with Gasteiger partial charge in [-0.3, -0.25) is 57.5 Å². The third-order valence-electron chi connectivity index (χ3n) is 29.7. The van der Waals surface area contributed by atoms with Crippen LogP contribution in [0.25, 0.3) is 55.6 Å². The van der Waals surface area contributed by atoms with Crippen molar-refractivity contribution in [2.24, 2.45) is 22.7 Å². The maximum atomic E-state index is 15.3. The Hall–Kier alpha value is -12.1. The van der Waals surface area contributed by atoms with Gasteiger partial charge < -0.3 is 102 Å². The number of benzene rings is 4. The molecule has 2 saturated carbocycles. The van der Waals surface area contributed by atoms with E-state index in [4.69, 9.17) is 18.8 Å². The number of rotatable bonds is 40. The lowest BCUT2D eigenvalue weighted by Crippen LogP contribution is -2.57. The summed E-state index contributed by atoms with van der Waals surface area (Å²) < 4.78 is 13.4. The van der Waals surface area contributed by atoms with Gasteiger partial charge in [-0.15, -0.1) is 0 Å². The molecule has 14 rings (SSSR count). The summed E-state index contributed by atoms with van der Waals surface area (Å²) in [6.07, 6.45) is 21.5. The molecule has 141 heavy (non-hydrogen) atoms. The topological polar surface area (TPSA) is 437 Å². The molecule has 0 spiro atoms. The number of anilines is 2. The Labute approximate surface area is 827 Å². The molecule has 4 saturated heterocycles. The first-order valence-electron chi connectivity index (χ1n) is 51.4. The monoisotopic (exact) mass is 1940 g/mol. The molecular weight excluding hydrogens is 1790 g/mol. The van der Waals surface area contributed by atoms with Crippen molar-refractivity contribution in [3.8, 4) is 33.8 Å². The van der Waals surface area contributed by atoms with E-state index in [-0.39, 0.29) is 106 Å². The Kier molecular flexibility index (Phi) is 35.0. The van der Waals surface area contributed by atoms with E-state index in [1.165, 1.54) is 4.90 Å². The number of nitrogens with one attached hydrogen (secondary N) is 13. The molecule has 0 bridgehead atoms. The van der Waals surface area contributed by atoms with E-state index < -0.39 is 95.1 Å². The highest BCUT2D eigenvalue weighted by Crippen LogP contribution is 2.44. The lowest BCUT2D eigenvalue weighted by Gasteiger charge is -2.40. The van der Waals surface area contributed by atoms with Crippen molar-refractivity contribution in [2.45, 2.75) is 302 Å². The summed E-state index contributed by atoms with van der Waals surface area (Å²) in [6, 6.07) is 19.6. The van der Waals surface area contributed by atoms with Gasteiger partial charge in [0.15, 0.2) is 22.9 Å². The van der Waals surface area contributed by atoms with Crippen molar-refractivity contribution in [3.63, 3.8) is 0 Å². The van der Waals surface area contributed by atoms with Crippen LogP contribution < -0.4 is 58.5 Å². The summed E-state index contributed by atoms with van der Waals surface area (Å²) in [5, 5.41) is 35.7. The van der Waals surface area contributed by atoms with Crippen LogP contribution in [0.2, 0.25) is 0 Å². The molecule has 34 heteroatoms. The number of carbonyl (C=O) groups excluding carboxylic acids is 12. The second-order valence-electron chi connectivity index (χ2n) is 41.7. The quantitative estimate of drug-likeness (QED) is 0.0159. The van der Waals surface area contributed by atoms with Crippen LogP contribution in [0.15, 0.2) is 112 Å². The summed E-state index contributed by atoms with van der Waals surface area (Å²) in [6.45, 7) is 21.0. The minimum atomic E-state index is -0.902. The Morgan fingerprint density at radius 1 is 0.440 bits per heavy atom. The third-order valence-corrected chi connectivity index (χ3v) is 29.7. The fraction of sp³-hybridized carbons (Fsp3) is 0.570. The lowest BCUT2D eigenvalue weighted by molar-refractivity contribution is -0.150. The Morgan fingerprint density at radius 3 is 1.35 bits per heavy atom. The van der Waals surface area contributed by atoms with Crippen LogP contribution in [-0.2, 0) is 54.5 Å². The number of carbonyl (C=O) groups is 12. The first kappa shape index (κ1) is 105. The van der Waals surface area contributed by atoms with Gasteiger partial charge in [-0.25, -0.2) is 9.97 Å². The number of hydrogen-bond donors (Lipinski definition) is 13. The zero-order valence-corrected chi connectivity index (χ0v) is 84.7. The number of oxazole rings is 2. The number of H-pyrrole nitrogens is 2. The van der Waals surface area contributed by atoms with Crippen molar-refractivity contribution in [1.29, 1.82) is 0 Å². The van der Waals surface area contributed by atoms with E-state index in [9.17, 15) is 52.7 Å². The van der Waals surface area contributed by atoms with Gasteiger partial charge in [-0.2, -0.15) is 0 Å². The minimum Gasteiger partial charge on any atom is -0.437 e. The third kappa shape index (κ3) is 24.4. The number of nitrogens with zero attached hydrogens (tertiary/aromatic N) is 7. The summed E-state index contributed by atoms with van der Waals surface area (Å²) in [4.78, 5) is 198. The number of unbranched alkanes of at least 4 members (excludes halogenated alkanes) is 5. The lowest BCUT2D eigenvalue weighted by atomic mass is 9.83. The van der Waals surface area contributed by atoms with Gasteiger partial charge in [0, 0.05) is 121 Å². The van der Waals surface area contributed by atoms with Gasteiger partial charge in [0.25, 0.3) is 11.8 Å². The number of aromatic nitrogens is 4. The van der Waals surface area contributed by atoms with Crippen molar-refractivity contribution >= 4 is 104 Å². The predicted molar refractivity (Wildman–Crippen MR) is 542 cm³/mol. The first-order chi connectivity index (χ1) is 67.7. The number of fused-ring (bicyclic) bond motifs is 2. The average molecular weight is 1940 g/mol. The molecule has 4 aromatic carbocycles. The van der Waals surface area contributed by atoms with E-state index in [1.54, 1.807) is 100 Å². The van der Waals surface area contributed by atoms with Crippen molar-refractivity contribution < 1.29 is 66.4 Å². The summed E-state index contributed by atoms with van der Waals surface area (Å²) in [5.41, 5.74) is 4.65. The highest BCUT2D eigenvalue weighted by atomic mass is 16.4. The van der Waals surface area contributed by atoms with Crippen LogP contribution in [0.4, 0.5) is 11.4 Å². The number of hydrogen-bond acceptors (Lipinski definition) is 20. The molecule has 760 valence electrons. The molecule has 0 unspecified atom stereocenters. The second-order valence-corrected chi connectivity index (χ2v) is 41.7. The van der Waals surface area contributed by atoms with Crippen LogP contribution in [0.5, 0.6) is 0 Å². The standard InChI is InChI=1S/C107H148N20O14/c1-63(108-11)92(128)118-84(68-37-21-19-22-38-68)102(136)124-55-33-47-80(124)95(131)116-77-45-29-26-41-70(77)71-42-27-30-46-78(71)117-96(132)81-48-34-56-125(81)103(137)85(69-39-23-20-24-40-69)119-94(130)65(3)113-60-67-51-52-73-75(62-115-79(73)59-67)89-87(120-99(141-89)82-49-35-57-126(82)104(138)90(106(5,6)7)122-93(129)64(2)109-12)98(134)112-54-32-18-16-15-17-31-53-111-97(133)86-88(74-61-114-76-44-28-25-43-72(74)76)140-100(121-86)83-50-36-58-127(83)105(139)91(107(8,9)10)123(14)101(135)66(4)110-13/h25-30,41-46,51-52,59,61-66,68-69,80-85,90-91,108-110,113-115H,15-24,31-40,47-50,53-58,60H2,1-14H3,(H,111,133)(H,112,134)(H,116,131)(H,117,132)(H,118,128)(H,119,130)(H,122,129)/t63-,64-,65-,66-,80-,81-,82-,83-,84-,85-,90+,91+/m0/s1. The van der Waals surface area contributed by atoms with E-state index >= 15 is 4.79 Å². The number of amides is 12. The van der Waals surface area contributed by atoms with E-state index in [0.29, 0.717) is 154 Å². The minimum absolute atomic E-state index is 0.0411. The Bertz CT molecular complexity index is 5770. The molecule has 2 aliphatic carbocycles. The molecule has 6 fully saturated rings. The van der Waals surface area contributed by atoms with E-state index in [2.05, 4.69) is 68.5 Å². The SMILES string of the molecule is CN[C@@H](C)C(=O)N[C@H](C(=O)N1CCC[C@H]1C(=O)Nc1ccccc1-c1ccccc1NC(=O)[C@@H]1CCCN1C(=O)[C@@H](NC(=O)[C@H](C)NCc1ccc2c(-c3oc([C@@H]4CCCN4C(=O)[C@@H](NC(=O)[C@H](C)NC)C(C)(C)C)nc3C(=O)NCCCCCCCCNC(=O)c3nc([C@@H]4CCCN4C(=O)[C@@H](N(C)C(=O)[C@H](C)NC)C(C)(C)C)oc3-c3c[nH]c4ccccc34)c[nH]c2c1)C1CCCCC1)C1CCCCC1. The smallest absolute Gasteiger partial charge is 0.273 e. The molecule has 8 heterocycles. The molecule has 6 aliphatic rings. The van der Waals surface area contributed by atoms with E-state index in [1.807, 2.05) is 120 Å². The second kappa shape index (κ2) is 47.2. The fourth-order valence-corrected chi connectivity index (χ4v) is 21.3. The van der Waals surface area contributed by atoms with E-state index in [0.717, 1.165) is 106 Å². The van der Waals surface area contributed by atoms with Gasteiger partial charge >= 0.3 is 0 Å². The zero-order chi connectivity index (χ0) is 101. The van der Waals surface area contributed by atoms with Crippen LogP contribution in [0.3, 0.4) is 0 Å². The maximum absolute atomic E-state index is 15.3. The van der Waals surface area contributed by atoms with Crippen molar-refractivity contribution in [2.75, 3.05) is 78.1 Å². The number of likely N-dealkylation sites (N-methyl/N-ethyl adjacent to an activating group) is 4. The van der Waals surface area contributed by atoms with Crippen LogP contribution in [0, 0.1) is 22.7 Å². The molecule has 34 nitrogen and oxygen atoms in total.